The Morgan fingerprint density at radius 1 is 1.54 bits per heavy atom. The van der Waals surface area contributed by atoms with Gasteiger partial charge in [0.05, 0.1) is 12.8 Å². The van der Waals surface area contributed by atoms with Gasteiger partial charge in [-0.3, -0.25) is 0 Å². The number of pyridine rings is 1. The average molecular weight is 181 g/mol. The first-order valence-electron chi connectivity index (χ1n) is 3.67. The number of carbonyl (C=O) groups is 1. The van der Waals surface area contributed by atoms with Crippen LogP contribution in [0.25, 0.3) is 0 Å². The summed E-state index contributed by atoms with van der Waals surface area (Å²) in [5, 5.41) is 0. The first-order chi connectivity index (χ1) is 6.06. The minimum atomic E-state index is -0.567. The highest BCUT2D eigenvalue weighted by Gasteiger charge is 2.15. The van der Waals surface area contributed by atoms with Crippen LogP contribution in [0.4, 0.5) is 11.5 Å². The number of nitrogen functional groups attached to an aromatic ring is 2. The van der Waals surface area contributed by atoms with Crippen LogP contribution in [-0.2, 0) is 4.74 Å². The van der Waals surface area contributed by atoms with E-state index in [1.54, 1.807) is 13.0 Å². The fraction of sp³-hybridized carbons (Fsp3) is 0.250. The van der Waals surface area contributed by atoms with E-state index in [9.17, 15) is 4.79 Å². The highest BCUT2D eigenvalue weighted by Crippen LogP contribution is 2.19. The molecule has 0 atom stereocenters. The molecular formula is C8H11N3O2. The monoisotopic (exact) mass is 181 g/mol. The topological polar surface area (TPSA) is 91.2 Å². The van der Waals surface area contributed by atoms with Crippen LogP contribution in [0.1, 0.15) is 16.1 Å². The number of aromatic nitrogens is 1. The molecule has 0 aliphatic heterocycles. The number of anilines is 2. The van der Waals surface area contributed by atoms with E-state index in [4.69, 9.17) is 11.5 Å². The Labute approximate surface area is 75.7 Å². The van der Waals surface area contributed by atoms with Gasteiger partial charge in [-0.2, -0.15) is 0 Å². The summed E-state index contributed by atoms with van der Waals surface area (Å²) in [6.07, 6.45) is 0. The van der Waals surface area contributed by atoms with E-state index in [0.29, 0.717) is 5.69 Å². The second-order valence-electron chi connectivity index (χ2n) is 2.60. The number of carbonyl (C=O) groups excluding carboxylic acids is 1. The van der Waals surface area contributed by atoms with Gasteiger partial charge in [-0.05, 0) is 13.0 Å². The third-order valence-electron chi connectivity index (χ3n) is 1.60. The van der Waals surface area contributed by atoms with Gasteiger partial charge >= 0.3 is 5.97 Å². The van der Waals surface area contributed by atoms with Crippen molar-refractivity contribution in [2.75, 3.05) is 18.6 Å². The van der Waals surface area contributed by atoms with Gasteiger partial charge in [0.25, 0.3) is 0 Å². The molecule has 0 aromatic carbocycles. The predicted octanol–water partition coefficient (Wildman–Crippen LogP) is 0.341. The maximum atomic E-state index is 11.1. The number of aryl methyl sites for hydroxylation is 1. The van der Waals surface area contributed by atoms with Gasteiger partial charge in [-0.25, -0.2) is 9.78 Å². The molecule has 0 amide bonds. The molecule has 0 bridgehead atoms. The molecule has 0 aliphatic carbocycles. The second-order valence-corrected chi connectivity index (χ2v) is 2.60. The molecule has 4 N–H and O–H groups in total. The van der Waals surface area contributed by atoms with Crippen LogP contribution in [0.5, 0.6) is 0 Å². The highest BCUT2D eigenvalue weighted by molar-refractivity contribution is 5.99. The number of ether oxygens (including phenoxy) is 1. The van der Waals surface area contributed by atoms with Crippen LogP contribution in [0, 0.1) is 6.92 Å². The van der Waals surface area contributed by atoms with Gasteiger partial charge in [0.1, 0.15) is 11.4 Å². The Bertz CT molecular complexity index is 326. The molecule has 0 spiro atoms. The van der Waals surface area contributed by atoms with Crippen molar-refractivity contribution in [2.45, 2.75) is 6.92 Å². The fourth-order valence-electron chi connectivity index (χ4n) is 1.05. The molecule has 0 aliphatic rings. The number of esters is 1. The van der Waals surface area contributed by atoms with Gasteiger partial charge in [-0.1, -0.05) is 0 Å². The number of methoxy groups -OCH3 is 1. The third-order valence-corrected chi connectivity index (χ3v) is 1.60. The van der Waals surface area contributed by atoms with E-state index in [-0.39, 0.29) is 17.1 Å². The Balaban J connectivity index is 3.28. The standard InChI is InChI=1S/C8H11N3O2/c1-4-3-5(9)6(7(10)11-4)8(12)13-2/h3H,1-2H3,(H4,9,10,11). The maximum absolute atomic E-state index is 11.1. The largest absolute Gasteiger partial charge is 0.465 e. The molecular weight excluding hydrogens is 170 g/mol. The lowest BCUT2D eigenvalue weighted by Gasteiger charge is -2.06. The van der Waals surface area contributed by atoms with E-state index in [0.717, 1.165) is 0 Å². The smallest absolute Gasteiger partial charge is 0.343 e. The van der Waals surface area contributed by atoms with Crippen LogP contribution in [0.3, 0.4) is 0 Å². The minimum absolute atomic E-state index is 0.101. The van der Waals surface area contributed by atoms with Crippen molar-refractivity contribution in [3.8, 4) is 0 Å². The lowest BCUT2D eigenvalue weighted by Crippen LogP contribution is -2.11. The van der Waals surface area contributed by atoms with E-state index in [1.165, 1.54) is 7.11 Å². The number of nitrogens with two attached hydrogens (primary N) is 2. The third kappa shape index (κ3) is 1.69. The Hall–Kier alpha value is -1.78. The number of hydrogen-bond acceptors (Lipinski definition) is 5. The summed E-state index contributed by atoms with van der Waals surface area (Å²) in [5.74, 6) is -0.466. The summed E-state index contributed by atoms with van der Waals surface area (Å²) in [7, 11) is 1.26. The Morgan fingerprint density at radius 3 is 2.62 bits per heavy atom. The molecule has 0 radical (unpaired) electrons. The van der Waals surface area contributed by atoms with Gasteiger partial charge < -0.3 is 16.2 Å². The van der Waals surface area contributed by atoms with Crippen molar-refractivity contribution >= 4 is 17.5 Å². The zero-order valence-corrected chi connectivity index (χ0v) is 7.50. The lowest BCUT2D eigenvalue weighted by atomic mass is 10.2. The van der Waals surface area contributed by atoms with Crippen LogP contribution in [0.2, 0.25) is 0 Å². The molecule has 5 nitrogen and oxygen atoms in total. The molecule has 0 saturated heterocycles. The quantitative estimate of drug-likeness (QED) is 0.609. The Kier molecular flexibility index (Phi) is 2.36. The van der Waals surface area contributed by atoms with Gasteiger partial charge in [0.15, 0.2) is 0 Å². The van der Waals surface area contributed by atoms with Crippen molar-refractivity contribution < 1.29 is 9.53 Å². The maximum Gasteiger partial charge on any atom is 0.343 e. The minimum Gasteiger partial charge on any atom is -0.465 e. The van der Waals surface area contributed by atoms with Crippen LogP contribution in [0.15, 0.2) is 6.07 Å². The lowest BCUT2D eigenvalue weighted by molar-refractivity contribution is 0.0603. The summed E-state index contributed by atoms with van der Waals surface area (Å²) < 4.78 is 4.50. The molecule has 1 rings (SSSR count). The predicted molar refractivity (Wildman–Crippen MR) is 49.1 cm³/mol. The average Bonchev–Trinajstić information content (AvgIpc) is 2.02. The summed E-state index contributed by atoms with van der Waals surface area (Å²) >= 11 is 0. The molecule has 1 heterocycles. The molecule has 70 valence electrons. The highest BCUT2D eigenvalue weighted by atomic mass is 16.5. The first-order valence-corrected chi connectivity index (χ1v) is 3.67. The summed E-state index contributed by atoms with van der Waals surface area (Å²) in [4.78, 5) is 15.0. The first kappa shape index (κ1) is 9.31. The van der Waals surface area contributed by atoms with E-state index < -0.39 is 5.97 Å². The van der Waals surface area contributed by atoms with Crippen LogP contribution < -0.4 is 11.5 Å². The second kappa shape index (κ2) is 3.30. The summed E-state index contributed by atoms with van der Waals surface area (Å²) in [6.45, 7) is 1.74. The van der Waals surface area contributed by atoms with Gasteiger partial charge in [-0.15, -0.1) is 0 Å². The molecule has 0 unspecified atom stereocenters. The zero-order valence-electron chi connectivity index (χ0n) is 7.50. The molecule has 0 saturated carbocycles. The van der Waals surface area contributed by atoms with Crippen LogP contribution >= 0.6 is 0 Å². The van der Waals surface area contributed by atoms with Gasteiger partial charge in [0, 0.05) is 5.69 Å². The van der Waals surface area contributed by atoms with Crippen molar-refractivity contribution in [3.63, 3.8) is 0 Å². The summed E-state index contributed by atoms with van der Waals surface area (Å²) in [6, 6.07) is 1.57. The van der Waals surface area contributed by atoms with E-state index in [2.05, 4.69) is 9.72 Å². The number of nitrogens with zero attached hydrogens (tertiary/aromatic N) is 1. The molecule has 5 heteroatoms. The fourth-order valence-corrected chi connectivity index (χ4v) is 1.05. The number of rotatable bonds is 1. The molecule has 1 aromatic rings. The summed E-state index contributed by atoms with van der Waals surface area (Å²) in [5.41, 5.74) is 12.2. The normalized spacial score (nSPS) is 9.69. The SMILES string of the molecule is COC(=O)c1c(N)cc(C)nc1N. The van der Waals surface area contributed by atoms with E-state index >= 15 is 0 Å². The van der Waals surface area contributed by atoms with Crippen molar-refractivity contribution in [3.05, 3.63) is 17.3 Å². The number of hydrogen-bond donors (Lipinski definition) is 2. The Morgan fingerprint density at radius 2 is 2.15 bits per heavy atom. The van der Waals surface area contributed by atoms with Gasteiger partial charge in [0.2, 0.25) is 0 Å². The molecule has 0 fully saturated rings. The van der Waals surface area contributed by atoms with Crippen molar-refractivity contribution in [2.24, 2.45) is 0 Å². The van der Waals surface area contributed by atoms with Crippen molar-refractivity contribution in [1.29, 1.82) is 0 Å². The molecule has 13 heavy (non-hydrogen) atoms. The molecule has 1 aromatic heterocycles. The zero-order chi connectivity index (χ0) is 10.0. The van der Waals surface area contributed by atoms with Crippen molar-refractivity contribution in [1.82, 2.24) is 4.98 Å². The van der Waals surface area contributed by atoms with Crippen LogP contribution in [-0.4, -0.2) is 18.1 Å². The van der Waals surface area contributed by atoms with E-state index in [1.807, 2.05) is 0 Å².